The Bertz CT molecular complexity index is 935. The van der Waals surface area contributed by atoms with Gasteiger partial charge in [0.2, 0.25) is 0 Å². The van der Waals surface area contributed by atoms with E-state index in [1.54, 1.807) is 21.9 Å². The molecule has 138 valence electrons. The molecule has 1 aromatic carbocycles. The van der Waals surface area contributed by atoms with Crippen molar-refractivity contribution in [3.8, 4) is 5.69 Å². The fraction of sp³-hybridized carbons (Fsp3) is 0.333. The molecule has 0 saturated carbocycles. The lowest BCUT2D eigenvalue weighted by atomic mass is 10.1. The number of sulfone groups is 1. The lowest BCUT2D eigenvalue weighted by molar-refractivity contribution is 0.0720. The number of halogens is 1. The molecule has 0 spiro atoms. The Kier molecular flexibility index (Phi) is 5.34. The molecule has 1 aromatic heterocycles. The zero-order chi connectivity index (χ0) is 18.9. The van der Waals surface area contributed by atoms with Crippen LogP contribution in [0, 0.1) is 6.92 Å². The Morgan fingerprint density at radius 1 is 1.42 bits per heavy atom. The van der Waals surface area contributed by atoms with Gasteiger partial charge < -0.3 is 4.90 Å². The van der Waals surface area contributed by atoms with Gasteiger partial charge in [-0.15, -0.1) is 6.58 Å². The highest BCUT2D eigenvalue weighted by atomic mass is 79.9. The summed E-state index contributed by atoms with van der Waals surface area (Å²) in [4.78, 5) is 14.7. The molecule has 2 heterocycles. The van der Waals surface area contributed by atoms with Crippen LogP contribution in [0.3, 0.4) is 0 Å². The van der Waals surface area contributed by atoms with Crippen LogP contribution in [-0.4, -0.2) is 53.1 Å². The van der Waals surface area contributed by atoms with E-state index >= 15 is 0 Å². The molecule has 26 heavy (non-hydrogen) atoms. The Hall–Kier alpha value is -1.93. The van der Waals surface area contributed by atoms with Crippen molar-refractivity contribution in [1.29, 1.82) is 0 Å². The number of carbonyl (C=O) groups excluding carboxylic acids is 1. The number of aromatic nitrogens is 2. The van der Waals surface area contributed by atoms with Crippen LogP contribution in [-0.2, 0) is 9.84 Å². The van der Waals surface area contributed by atoms with Gasteiger partial charge in [0.1, 0.15) is 0 Å². The van der Waals surface area contributed by atoms with Gasteiger partial charge >= 0.3 is 0 Å². The first-order valence-corrected chi connectivity index (χ1v) is 10.9. The van der Waals surface area contributed by atoms with Crippen molar-refractivity contribution in [3.63, 3.8) is 0 Å². The van der Waals surface area contributed by atoms with E-state index < -0.39 is 9.84 Å². The van der Waals surface area contributed by atoms with Gasteiger partial charge in [-0.25, -0.2) is 13.1 Å². The maximum atomic E-state index is 13.1. The third kappa shape index (κ3) is 3.76. The molecule has 1 amide bonds. The summed E-state index contributed by atoms with van der Waals surface area (Å²) in [5, 5.41) is 4.34. The van der Waals surface area contributed by atoms with E-state index in [0.717, 1.165) is 10.2 Å². The predicted octanol–water partition coefficient (Wildman–Crippen LogP) is 2.76. The minimum atomic E-state index is -3.08. The highest BCUT2D eigenvalue weighted by Crippen LogP contribution is 2.23. The molecule has 1 aliphatic heterocycles. The number of benzene rings is 1. The fourth-order valence-corrected chi connectivity index (χ4v) is 5.17. The third-order valence-electron chi connectivity index (χ3n) is 4.55. The van der Waals surface area contributed by atoms with E-state index in [9.17, 15) is 13.2 Å². The normalized spacial score (nSPS) is 18.6. The zero-order valence-electron chi connectivity index (χ0n) is 14.4. The van der Waals surface area contributed by atoms with Crippen molar-refractivity contribution >= 4 is 31.7 Å². The van der Waals surface area contributed by atoms with Crippen molar-refractivity contribution < 1.29 is 13.2 Å². The lowest BCUT2D eigenvalue weighted by Gasteiger charge is -2.27. The molecule has 3 rings (SSSR count). The summed E-state index contributed by atoms with van der Waals surface area (Å²) in [6.45, 7) is 5.84. The van der Waals surface area contributed by atoms with E-state index in [0.29, 0.717) is 24.2 Å². The maximum Gasteiger partial charge on any atom is 0.257 e. The van der Waals surface area contributed by atoms with Crippen molar-refractivity contribution in [1.82, 2.24) is 14.7 Å². The summed E-state index contributed by atoms with van der Waals surface area (Å²) in [5.74, 6) is -0.0878. The van der Waals surface area contributed by atoms with Crippen LogP contribution in [0.2, 0.25) is 0 Å². The van der Waals surface area contributed by atoms with Crippen molar-refractivity contribution in [2.45, 2.75) is 19.4 Å². The summed E-state index contributed by atoms with van der Waals surface area (Å²) < 4.78 is 26.3. The van der Waals surface area contributed by atoms with Crippen LogP contribution in [0.15, 0.2) is 47.6 Å². The van der Waals surface area contributed by atoms with Crippen LogP contribution >= 0.6 is 15.9 Å². The standard InChI is InChI=1S/C18H20BrN3O3S/c1-3-9-21(16-8-10-26(24,25)12-16)18(23)17-11-20-22(13(17)2)15-6-4-14(19)5-7-15/h3-7,11,16H,1,8-10,12H2,2H3. The van der Waals surface area contributed by atoms with Gasteiger partial charge in [0.25, 0.3) is 5.91 Å². The van der Waals surface area contributed by atoms with E-state index in [4.69, 9.17) is 0 Å². The smallest absolute Gasteiger partial charge is 0.257 e. The van der Waals surface area contributed by atoms with Gasteiger partial charge in [-0.05, 0) is 37.6 Å². The van der Waals surface area contributed by atoms with E-state index in [2.05, 4.69) is 27.6 Å². The van der Waals surface area contributed by atoms with E-state index in [1.807, 2.05) is 31.2 Å². The Morgan fingerprint density at radius 2 is 2.12 bits per heavy atom. The van der Waals surface area contributed by atoms with Crippen molar-refractivity contribution in [3.05, 3.63) is 58.8 Å². The van der Waals surface area contributed by atoms with Gasteiger partial charge in [0.15, 0.2) is 9.84 Å². The van der Waals surface area contributed by atoms with Crippen molar-refractivity contribution in [2.24, 2.45) is 0 Å². The van der Waals surface area contributed by atoms with Gasteiger partial charge in [-0.2, -0.15) is 5.10 Å². The molecule has 1 atom stereocenters. The minimum Gasteiger partial charge on any atom is -0.331 e. The summed E-state index contributed by atoms with van der Waals surface area (Å²) in [6, 6.07) is 7.31. The number of carbonyl (C=O) groups is 1. The second-order valence-electron chi connectivity index (χ2n) is 6.33. The van der Waals surface area contributed by atoms with Crippen LogP contribution in [0.4, 0.5) is 0 Å². The van der Waals surface area contributed by atoms with Gasteiger partial charge in [0.05, 0.1) is 34.6 Å². The first-order valence-electron chi connectivity index (χ1n) is 8.25. The molecular formula is C18H20BrN3O3S. The van der Waals surface area contributed by atoms with E-state index in [1.165, 1.54) is 0 Å². The molecule has 0 aliphatic carbocycles. The molecule has 0 bridgehead atoms. The fourth-order valence-electron chi connectivity index (χ4n) is 3.17. The summed E-state index contributed by atoms with van der Waals surface area (Å²) >= 11 is 3.40. The highest BCUT2D eigenvalue weighted by Gasteiger charge is 2.35. The molecule has 1 fully saturated rings. The predicted molar refractivity (Wildman–Crippen MR) is 104 cm³/mol. The topological polar surface area (TPSA) is 72.3 Å². The molecule has 8 heteroatoms. The molecule has 6 nitrogen and oxygen atoms in total. The molecule has 0 N–H and O–H groups in total. The molecule has 1 saturated heterocycles. The average molecular weight is 438 g/mol. The largest absolute Gasteiger partial charge is 0.331 e. The number of nitrogens with zero attached hydrogens (tertiary/aromatic N) is 3. The molecule has 1 unspecified atom stereocenters. The Balaban J connectivity index is 1.90. The van der Waals surface area contributed by atoms with Crippen LogP contribution in [0.1, 0.15) is 22.5 Å². The van der Waals surface area contributed by atoms with Crippen LogP contribution in [0.25, 0.3) is 5.69 Å². The van der Waals surface area contributed by atoms with E-state index in [-0.39, 0.29) is 23.5 Å². The zero-order valence-corrected chi connectivity index (χ0v) is 16.8. The average Bonchev–Trinajstić information content (AvgIpc) is 3.15. The third-order valence-corrected chi connectivity index (χ3v) is 6.83. The minimum absolute atomic E-state index is 0.00643. The van der Waals surface area contributed by atoms with Gasteiger partial charge in [0, 0.05) is 17.1 Å². The van der Waals surface area contributed by atoms with Gasteiger partial charge in [-0.3, -0.25) is 4.79 Å². The second-order valence-corrected chi connectivity index (χ2v) is 9.48. The first kappa shape index (κ1) is 18.8. The highest BCUT2D eigenvalue weighted by molar-refractivity contribution is 9.10. The molecule has 0 radical (unpaired) electrons. The summed E-state index contributed by atoms with van der Waals surface area (Å²) in [5.41, 5.74) is 2.04. The second kappa shape index (κ2) is 7.36. The Morgan fingerprint density at radius 3 is 2.69 bits per heavy atom. The quantitative estimate of drug-likeness (QED) is 0.674. The monoisotopic (exact) mass is 437 g/mol. The number of rotatable bonds is 5. The lowest BCUT2D eigenvalue weighted by Crippen LogP contribution is -2.41. The maximum absolute atomic E-state index is 13.1. The number of amides is 1. The first-order chi connectivity index (χ1) is 12.3. The SMILES string of the molecule is C=CCN(C(=O)c1cnn(-c2ccc(Br)cc2)c1C)C1CCS(=O)(=O)C1. The molecular weight excluding hydrogens is 418 g/mol. The Labute approximate surface area is 161 Å². The van der Waals surface area contributed by atoms with Gasteiger partial charge in [-0.1, -0.05) is 22.0 Å². The van der Waals surface area contributed by atoms with Crippen LogP contribution in [0.5, 0.6) is 0 Å². The van der Waals surface area contributed by atoms with Crippen LogP contribution < -0.4 is 0 Å². The summed E-state index contributed by atoms with van der Waals surface area (Å²) in [7, 11) is -3.08. The van der Waals surface area contributed by atoms with Crippen molar-refractivity contribution in [2.75, 3.05) is 18.1 Å². The molecule has 2 aromatic rings. The number of hydrogen-bond acceptors (Lipinski definition) is 4. The summed E-state index contributed by atoms with van der Waals surface area (Å²) in [6.07, 6.45) is 3.62. The molecule has 1 aliphatic rings. The number of hydrogen-bond donors (Lipinski definition) is 0.